The van der Waals surface area contributed by atoms with Gasteiger partial charge >= 0.3 is 0 Å². The van der Waals surface area contributed by atoms with E-state index >= 15 is 0 Å². The van der Waals surface area contributed by atoms with Crippen molar-refractivity contribution in [3.63, 3.8) is 0 Å². The van der Waals surface area contributed by atoms with Crippen LogP contribution in [0.4, 0.5) is 0 Å². The van der Waals surface area contributed by atoms with E-state index in [4.69, 9.17) is 4.74 Å². The van der Waals surface area contributed by atoms with Gasteiger partial charge in [0.25, 0.3) is 0 Å². The zero-order chi connectivity index (χ0) is 31.8. The average molecular weight is 611 g/mol. The van der Waals surface area contributed by atoms with Crippen molar-refractivity contribution in [2.45, 2.75) is 62.9 Å². The molecule has 1 aliphatic heterocycles. The quantitative estimate of drug-likeness (QED) is 0.106. The van der Waals surface area contributed by atoms with Gasteiger partial charge in [-0.3, -0.25) is 0 Å². The van der Waals surface area contributed by atoms with Crippen LogP contribution >= 0.6 is 0 Å². The third kappa shape index (κ3) is 9.11. The van der Waals surface area contributed by atoms with Gasteiger partial charge in [-0.25, -0.2) is 0 Å². The summed E-state index contributed by atoms with van der Waals surface area (Å²) in [5, 5.41) is 62.0. The van der Waals surface area contributed by atoms with Crippen LogP contribution in [0.15, 0.2) is 103 Å². The molecular formula is C38H42O7. The summed E-state index contributed by atoms with van der Waals surface area (Å²) in [6.45, 7) is 0. The van der Waals surface area contributed by atoms with Gasteiger partial charge in [-0.05, 0) is 115 Å². The maximum Gasteiger partial charge on any atom is 0.115 e. The predicted octanol–water partition coefficient (Wildman–Crippen LogP) is 6.66. The first-order valence-corrected chi connectivity index (χ1v) is 15.6. The van der Waals surface area contributed by atoms with E-state index in [1.165, 1.54) is 0 Å². The summed E-state index contributed by atoms with van der Waals surface area (Å²) in [5.74, 6) is 0.0948. The Morgan fingerprint density at radius 3 is 1.78 bits per heavy atom. The normalized spacial score (nSPS) is 21.5. The highest BCUT2D eigenvalue weighted by molar-refractivity contribution is 5.51. The molecule has 0 saturated carbocycles. The molecule has 1 fully saturated rings. The molecule has 1 saturated heterocycles. The highest BCUT2D eigenvalue weighted by atomic mass is 16.5. The fourth-order valence-electron chi connectivity index (χ4n) is 6.24. The summed E-state index contributed by atoms with van der Waals surface area (Å²) in [6.07, 6.45) is 5.28. The molecule has 6 N–H and O–H groups in total. The summed E-state index contributed by atoms with van der Waals surface area (Å²) in [5.41, 5.74) is 3.81. The number of ether oxygens (including phenoxy) is 1. The van der Waals surface area contributed by atoms with Gasteiger partial charge < -0.3 is 35.4 Å². The predicted molar refractivity (Wildman–Crippen MR) is 174 cm³/mol. The highest BCUT2D eigenvalue weighted by Gasteiger charge is 2.42. The molecule has 0 amide bonds. The molecule has 0 spiro atoms. The molecule has 0 bridgehead atoms. The minimum atomic E-state index is -0.721. The molecule has 45 heavy (non-hydrogen) atoms. The number of phenols is 4. The van der Waals surface area contributed by atoms with E-state index in [0.29, 0.717) is 32.1 Å². The van der Waals surface area contributed by atoms with E-state index < -0.39 is 18.3 Å². The van der Waals surface area contributed by atoms with Crippen molar-refractivity contribution in [1.29, 1.82) is 0 Å². The Morgan fingerprint density at radius 1 is 0.689 bits per heavy atom. The molecule has 4 aromatic rings. The smallest absolute Gasteiger partial charge is 0.115 e. The number of allylic oxidation sites excluding steroid dienone is 1. The second-order valence-corrected chi connectivity index (χ2v) is 12.1. The van der Waals surface area contributed by atoms with Crippen LogP contribution in [0.3, 0.4) is 0 Å². The van der Waals surface area contributed by atoms with E-state index in [1.807, 2.05) is 60.7 Å². The average Bonchev–Trinajstić information content (AvgIpc) is 3.03. The summed E-state index contributed by atoms with van der Waals surface area (Å²) >= 11 is 0. The van der Waals surface area contributed by atoms with E-state index in [0.717, 1.165) is 28.7 Å². The molecule has 7 heteroatoms. The molecule has 7 nitrogen and oxygen atoms in total. The Kier molecular flexibility index (Phi) is 10.8. The van der Waals surface area contributed by atoms with Gasteiger partial charge in [0, 0.05) is 5.92 Å². The Hall–Kier alpha value is -4.30. The summed E-state index contributed by atoms with van der Waals surface area (Å²) < 4.78 is 6.75. The summed E-state index contributed by atoms with van der Waals surface area (Å²) in [6, 6.07) is 27.8. The minimum absolute atomic E-state index is 0.143. The maximum atomic E-state index is 11.8. The van der Waals surface area contributed by atoms with Gasteiger partial charge in [-0.2, -0.15) is 0 Å². The van der Waals surface area contributed by atoms with Crippen LogP contribution in [0.1, 0.15) is 54.0 Å². The van der Waals surface area contributed by atoms with Crippen molar-refractivity contribution in [2.24, 2.45) is 11.8 Å². The fraction of sp³-hybridized carbons (Fsp3) is 0.316. The topological polar surface area (TPSA) is 131 Å². The van der Waals surface area contributed by atoms with Crippen LogP contribution in [0.25, 0.3) is 6.08 Å². The first-order chi connectivity index (χ1) is 21.7. The number of benzene rings is 4. The van der Waals surface area contributed by atoms with Gasteiger partial charge in [0.05, 0.1) is 24.4 Å². The van der Waals surface area contributed by atoms with E-state index in [9.17, 15) is 30.6 Å². The maximum absolute atomic E-state index is 11.8. The number of rotatable bonds is 12. The number of aryl methyl sites for hydroxylation is 2. The summed E-state index contributed by atoms with van der Waals surface area (Å²) in [4.78, 5) is 0. The lowest BCUT2D eigenvalue weighted by Crippen LogP contribution is -2.43. The lowest BCUT2D eigenvalue weighted by atomic mass is 9.73. The van der Waals surface area contributed by atoms with Crippen LogP contribution in [-0.4, -0.2) is 49.0 Å². The number of aromatic hydroxyl groups is 4. The van der Waals surface area contributed by atoms with Gasteiger partial charge in [-0.1, -0.05) is 60.7 Å². The van der Waals surface area contributed by atoms with Crippen molar-refractivity contribution in [3.05, 3.63) is 125 Å². The SMILES string of the molecule is Oc1ccc(/C=C/[C@H](C[C@H](O)CCc2ccc(O)cc2)[C@@H]2[C@@H](c3ccc(O)cc3)O[C@@H](CCc3ccc(O)cc3)C[C@@H]2O)cc1. The van der Waals surface area contributed by atoms with E-state index in [2.05, 4.69) is 0 Å². The van der Waals surface area contributed by atoms with Crippen LogP contribution < -0.4 is 0 Å². The van der Waals surface area contributed by atoms with Crippen LogP contribution in [-0.2, 0) is 17.6 Å². The standard InChI is InChI=1S/C38H42O7/c39-30-13-2-25(3-14-30)1-10-29(23-34(43)19-8-26-4-15-31(40)16-5-26)37-36(44)24-35(22-9-27-6-17-32(41)18-7-27)45-38(37)28-11-20-33(42)21-12-28/h1-7,10-18,20-21,29,34-44H,8-9,19,22-24H2/b10-1+/t29-,34-,35+,36+,37+,38-/m1/s1. The van der Waals surface area contributed by atoms with Crippen molar-refractivity contribution >= 4 is 6.08 Å². The number of hydrogen-bond donors (Lipinski definition) is 6. The monoisotopic (exact) mass is 610 g/mol. The van der Waals surface area contributed by atoms with Crippen molar-refractivity contribution in [3.8, 4) is 23.0 Å². The lowest BCUT2D eigenvalue weighted by molar-refractivity contribution is -0.153. The van der Waals surface area contributed by atoms with Crippen LogP contribution in [0, 0.1) is 11.8 Å². The molecular weight excluding hydrogens is 568 g/mol. The fourth-order valence-corrected chi connectivity index (χ4v) is 6.24. The molecule has 1 heterocycles. The number of hydrogen-bond acceptors (Lipinski definition) is 7. The van der Waals surface area contributed by atoms with Crippen molar-refractivity contribution < 1.29 is 35.4 Å². The number of aliphatic hydroxyl groups excluding tert-OH is 2. The van der Waals surface area contributed by atoms with Gasteiger partial charge in [0.1, 0.15) is 23.0 Å². The first-order valence-electron chi connectivity index (χ1n) is 15.6. The minimum Gasteiger partial charge on any atom is -0.508 e. The largest absolute Gasteiger partial charge is 0.508 e. The van der Waals surface area contributed by atoms with Gasteiger partial charge in [0.2, 0.25) is 0 Å². The number of aliphatic hydroxyl groups is 2. The third-order valence-electron chi connectivity index (χ3n) is 8.72. The number of phenolic OH excluding ortho intramolecular Hbond substituents is 4. The van der Waals surface area contributed by atoms with Crippen molar-refractivity contribution in [1.82, 2.24) is 0 Å². The van der Waals surface area contributed by atoms with E-state index in [1.54, 1.807) is 48.5 Å². The van der Waals surface area contributed by atoms with Crippen LogP contribution in [0.2, 0.25) is 0 Å². The zero-order valence-electron chi connectivity index (χ0n) is 25.2. The molecule has 0 aliphatic carbocycles. The van der Waals surface area contributed by atoms with E-state index in [-0.39, 0.29) is 40.9 Å². The third-order valence-corrected chi connectivity index (χ3v) is 8.72. The van der Waals surface area contributed by atoms with Gasteiger partial charge in [0.15, 0.2) is 0 Å². The summed E-state index contributed by atoms with van der Waals surface area (Å²) in [7, 11) is 0. The molecule has 6 atom stereocenters. The second kappa shape index (κ2) is 15.1. The second-order valence-electron chi connectivity index (χ2n) is 12.1. The van der Waals surface area contributed by atoms with Crippen molar-refractivity contribution in [2.75, 3.05) is 0 Å². The molecule has 0 aromatic heterocycles. The molecule has 4 aromatic carbocycles. The van der Waals surface area contributed by atoms with Gasteiger partial charge in [-0.15, -0.1) is 0 Å². The Labute approximate surface area is 264 Å². The molecule has 1 aliphatic rings. The first kappa shape index (κ1) is 32.1. The van der Waals surface area contributed by atoms with Crippen LogP contribution in [0.5, 0.6) is 23.0 Å². The lowest BCUT2D eigenvalue weighted by Gasteiger charge is -2.44. The Balaban J connectivity index is 1.39. The highest BCUT2D eigenvalue weighted by Crippen LogP contribution is 2.44. The zero-order valence-corrected chi connectivity index (χ0v) is 25.2. The molecule has 0 unspecified atom stereocenters. The molecule has 0 radical (unpaired) electrons. The molecule has 5 rings (SSSR count). The Morgan fingerprint density at radius 2 is 1.20 bits per heavy atom. The Bertz CT molecular complexity index is 1500. The molecule has 236 valence electrons.